The van der Waals surface area contributed by atoms with Crippen molar-refractivity contribution < 1.29 is 18.0 Å². The molecular weight excluding hydrogens is 331 g/mol. The third-order valence-corrected chi connectivity index (χ3v) is 3.00. The van der Waals surface area contributed by atoms with Crippen LogP contribution in [0, 0.1) is 17.2 Å². The van der Waals surface area contributed by atoms with E-state index in [0.29, 0.717) is 12.5 Å². The number of anilines is 1. The van der Waals surface area contributed by atoms with E-state index in [2.05, 4.69) is 10.6 Å². The molecule has 0 bridgehead atoms. The lowest BCUT2D eigenvalue weighted by atomic mass is 10.2. The fourth-order valence-corrected chi connectivity index (χ4v) is 1.79. The second-order valence-electron chi connectivity index (χ2n) is 5.12. The Morgan fingerprint density at radius 3 is 2.61 bits per heavy atom. The van der Waals surface area contributed by atoms with Gasteiger partial charge in [-0.25, -0.2) is 0 Å². The second kappa shape index (κ2) is 7.88. The monoisotopic (exact) mass is 345 g/mol. The predicted molar refractivity (Wildman–Crippen MR) is 81.6 cm³/mol. The molecule has 0 saturated heterocycles. The Hall–Kier alpha value is -2.20. The summed E-state index contributed by atoms with van der Waals surface area (Å²) in [4.78, 5) is 11.9. The molecule has 0 aliphatic heterocycles. The van der Waals surface area contributed by atoms with Crippen molar-refractivity contribution in [2.75, 3.05) is 11.9 Å². The maximum absolute atomic E-state index is 12.8. The van der Waals surface area contributed by atoms with Crippen molar-refractivity contribution in [1.29, 1.82) is 5.26 Å². The van der Waals surface area contributed by atoms with Gasteiger partial charge in [0.1, 0.15) is 11.6 Å². The highest BCUT2D eigenvalue weighted by atomic mass is 35.5. The van der Waals surface area contributed by atoms with Crippen LogP contribution < -0.4 is 10.6 Å². The predicted octanol–water partition coefficient (Wildman–Crippen LogP) is 3.95. The van der Waals surface area contributed by atoms with E-state index in [1.165, 1.54) is 12.3 Å². The number of amides is 1. The van der Waals surface area contributed by atoms with Gasteiger partial charge in [0.05, 0.1) is 10.6 Å². The van der Waals surface area contributed by atoms with Crippen LogP contribution in [0.5, 0.6) is 0 Å². The van der Waals surface area contributed by atoms with E-state index in [1.807, 2.05) is 13.8 Å². The molecule has 1 aromatic carbocycles. The van der Waals surface area contributed by atoms with Crippen LogP contribution in [0.4, 0.5) is 18.9 Å². The lowest BCUT2D eigenvalue weighted by Crippen LogP contribution is -2.19. The highest BCUT2D eigenvalue weighted by Gasteiger charge is 2.33. The van der Waals surface area contributed by atoms with Gasteiger partial charge in [-0.2, -0.15) is 18.4 Å². The number of nitrogens with zero attached hydrogens (tertiary/aromatic N) is 1. The van der Waals surface area contributed by atoms with Gasteiger partial charge in [-0.05, 0) is 24.1 Å². The third kappa shape index (κ3) is 5.83. The van der Waals surface area contributed by atoms with Crippen LogP contribution in [-0.4, -0.2) is 12.5 Å². The van der Waals surface area contributed by atoms with E-state index in [-0.39, 0.29) is 11.3 Å². The van der Waals surface area contributed by atoms with Crippen molar-refractivity contribution in [3.05, 3.63) is 40.6 Å². The molecule has 124 valence electrons. The minimum absolute atomic E-state index is 0.100. The van der Waals surface area contributed by atoms with Gasteiger partial charge in [0.15, 0.2) is 0 Å². The van der Waals surface area contributed by atoms with E-state index in [0.717, 1.165) is 12.1 Å². The van der Waals surface area contributed by atoms with Crippen molar-refractivity contribution in [1.82, 2.24) is 5.32 Å². The van der Waals surface area contributed by atoms with Gasteiger partial charge in [0.25, 0.3) is 5.91 Å². The summed E-state index contributed by atoms with van der Waals surface area (Å²) in [5, 5.41) is 13.5. The molecule has 4 nitrogen and oxygen atoms in total. The quantitative estimate of drug-likeness (QED) is 0.627. The molecule has 0 fully saturated rings. The van der Waals surface area contributed by atoms with E-state index in [9.17, 15) is 18.0 Å². The number of carbonyl (C=O) groups excluding carboxylic acids is 1. The van der Waals surface area contributed by atoms with Crippen molar-refractivity contribution in [2.24, 2.45) is 5.92 Å². The van der Waals surface area contributed by atoms with Crippen molar-refractivity contribution in [2.45, 2.75) is 20.0 Å². The largest absolute Gasteiger partial charge is 0.417 e. The number of halogens is 4. The van der Waals surface area contributed by atoms with Crippen LogP contribution in [0.1, 0.15) is 19.4 Å². The molecule has 1 aromatic rings. The molecule has 0 unspecified atom stereocenters. The summed E-state index contributed by atoms with van der Waals surface area (Å²) >= 11 is 5.50. The molecule has 1 amide bonds. The molecule has 0 spiro atoms. The molecule has 0 atom stereocenters. The summed E-state index contributed by atoms with van der Waals surface area (Å²) in [7, 11) is 0. The van der Waals surface area contributed by atoms with E-state index < -0.39 is 22.7 Å². The molecular formula is C15H15ClF3N3O. The number of hydrogen-bond donors (Lipinski definition) is 2. The summed E-state index contributed by atoms with van der Waals surface area (Å²) in [5.41, 5.74) is -1.40. The Morgan fingerprint density at radius 1 is 1.43 bits per heavy atom. The lowest BCUT2D eigenvalue weighted by molar-refractivity contribution is -0.137. The Morgan fingerprint density at radius 2 is 2.09 bits per heavy atom. The van der Waals surface area contributed by atoms with E-state index in [1.54, 1.807) is 6.07 Å². The summed E-state index contributed by atoms with van der Waals surface area (Å²) in [6, 6.07) is 4.67. The molecule has 23 heavy (non-hydrogen) atoms. The summed E-state index contributed by atoms with van der Waals surface area (Å²) < 4.78 is 38.3. The minimum Gasteiger partial charge on any atom is -0.389 e. The number of nitriles is 1. The van der Waals surface area contributed by atoms with Crippen LogP contribution in [0.25, 0.3) is 0 Å². The average molecular weight is 346 g/mol. The normalized spacial score (nSPS) is 12.0. The van der Waals surface area contributed by atoms with Gasteiger partial charge in [-0.1, -0.05) is 25.4 Å². The summed E-state index contributed by atoms with van der Waals surface area (Å²) in [6.45, 7) is 4.44. The number of alkyl halides is 3. The third-order valence-electron chi connectivity index (χ3n) is 2.67. The zero-order chi connectivity index (χ0) is 17.6. The van der Waals surface area contributed by atoms with Crippen LogP contribution in [0.3, 0.4) is 0 Å². The molecule has 0 aromatic heterocycles. The molecule has 8 heteroatoms. The second-order valence-corrected chi connectivity index (χ2v) is 5.53. The molecule has 0 aliphatic rings. The first-order valence-corrected chi connectivity index (χ1v) is 7.04. The molecule has 0 saturated carbocycles. The molecule has 0 radical (unpaired) electrons. The minimum atomic E-state index is -4.63. The van der Waals surface area contributed by atoms with Crippen LogP contribution in [-0.2, 0) is 11.0 Å². The van der Waals surface area contributed by atoms with Gasteiger partial charge in [-0.15, -0.1) is 0 Å². The zero-order valence-electron chi connectivity index (χ0n) is 12.5. The van der Waals surface area contributed by atoms with Crippen molar-refractivity contribution in [3.8, 4) is 6.07 Å². The highest BCUT2D eigenvalue weighted by Crippen LogP contribution is 2.36. The van der Waals surface area contributed by atoms with Crippen molar-refractivity contribution >= 4 is 23.2 Å². The van der Waals surface area contributed by atoms with E-state index in [4.69, 9.17) is 16.9 Å². The van der Waals surface area contributed by atoms with Crippen LogP contribution in [0.2, 0.25) is 5.02 Å². The fraction of sp³-hybridized carbons (Fsp3) is 0.333. The molecule has 2 N–H and O–H groups in total. The number of hydrogen-bond acceptors (Lipinski definition) is 3. The SMILES string of the molecule is CC(C)CN/C=C(/C#N)C(=O)Nc1ccc(Cl)c(C(F)(F)F)c1. The summed E-state index contributed by atoms with van der Waals surface area (Å²) in [6.07, 6.45) is -3.40. The standard InChI is InChI=1S/C15H15ClF3N3O/c1-9(2)7-21-8-10(6-20)14(23)22-11-3-4-13(16)12(5-11)15(17,18)19/h3-5,8-9,21H,7H2,1-2H3,(H,22,23)/b10-8-. The van der Waals surface area contributed by atoms with E-state index >= 15 is 0 Å². The number of nitrogens with one attached hydrogen (secondary N) is 2. The van der Waals surface area contributed by atoms with Gasteiger partial charge in [-0.3, -0.25) is 4.79 Å². The Labute approximate surface area is 136 Å². The molecule has 0 heterocycles. The zero-order valence-corrected chi connectivity index (χ0v) is 13.2. The Balaban J connectivity index is 2.90. The van der Waals surface area contributed by atoms with Gasteiger partial charge < -0.3 is 10.6 Å². The highest BCUT2D eigenvalue weighted by molar-refractivity contribution is 6.31. The number of carbonyl (C=O) groups is 1. The topological polar surface area (TPSA) is 64.9 Å². The molecule has 1 rings (SSSR count). The Kier molecular flexibility index (Phi) is 6.46. The maximum atomic E-state index is 12.8. The van der Waals surface area contributed by atoms with Gasteiger partial charge >= 0.3 is 6.18 Å². The smallest absolute Gasteiger partial charge is 0.389 e. The van der Waals surface area contributed by atoms with Gasteiger partial charge in [0, 0.05) is 18.4 Å². The van der Waals surface area contributed by atoms with Crippen molar-refractivity contribution in [3.63, 3.8) is 0 Å². The number of rotatable bonds is 5. The van der Waals surface area contributed by atoms with Crippen LogP contribution >= 0.6 is 11.6 Å². The fourth-order valence-electron chi connectivity index (χ4n) is 1.56. The Bertz CT molecular complexity index is 648. The average Bonchev–Trinajstić information content (AvgIpc) is 2.44. The first-order chi connectivity index (χ1) is 10.6. The molecule has 0 aliphatic carbocycles. The van der Waals surface area contributed by atoms with Gasteiger partial charge in [0.2, 0.25) is 0 Å². The van der Waals surface area contributed by atoms with Crippen LogP contribution in [0.15, 0.2) is 30.0 Å². The first-order valence-electron chi connectivity index (χ1n) is 6.67. The first kappa shape index (κ1) is 18.8. The summed E-state index contributed by atoms with van der Waals surface area (Å²) in [5.74, 6) is -0.501. The maximum Gasteiger partial charge on any atom is 0.417 e. The lowest BCUT2D eigenvalue weighted by Gasteiger charge is -2.11. The number of benzene rings is 1.